The van der Waals surface area contributed by atoms with Gasteiger partial charge in [-0.2, -0.15) is 0 Å². The molecular weight excluding hydrogens is 246 g/mol. The number of aliphatic carboxylic acids is 1. The molecule has 0 aromatic heterocycles. The van der Waals surface area contributed by atoms with Gasteiger partial charge in [0.15, 0.2) is 18.1 Å². The fraction of sp³-hybridized carbons (Fsp3) is 0.200. The molecule has 1 aromatic rings. The van der Waals surface area contributed by atoms with E-state index in [0.717, 1.165) is 12.1 Å². The normalized spacial score (nSPS) is 9.61. The average molecular weight is 255 g/mol. The van der Waals surface area contributed by atoms with Crippen LogP contribution in [-0.2, 0) is 4.79 Å². The monoisotopic (exact) mass is 255 g/mol. The second-order valence-corrected chi connectivity index (χ2v) is 3.10. The van der Waals surface area contributed by atoms with Crippen LogP contribution in [0.5, 0.6) is 11.5 Å². The van der Waals surface area contributed by atoms with Crippen molar-refractivity contribution in [2.24, 2.45) is 5.18 Å². The summed E-state index contributed by atoms with van der Waals surface area (Å²) in [6.07, 6.45) is 0. The molecule has 0 saturated carbocycles. The predicted molar refractivity (Wildman–Crippen MR) is 58.5 cm³/mol. The molecule has 2 N–H and O–H groups in total. The Kier molecular flexibility index (Phi) is 4.19. The highest BCUT2D eigenvalue weighted by atomic mass is 16.5. The van der Waals surface area contributed by atoms with E-state index in [2.05, 4.69) is 5.18 Å². The highest BCUT2D eigenvalue weighted by Gasteiger charge is 2.17. The minimum atomic E-state index is -1.35. The van der Waals surface area contributed by atoms with Crippen LogP contribution in [0.1, 0.15) is 10.4 Å². The molecule has 0 amide bonds. The Labute approximate surface area is 101 Å². The molecule has 0 fully saturated rings. The van der Waals surface area contributed by atoms with E-state index in [1.807, 2.05) is 0 Å². The zero-order valence-electron chi connectivity index (χ0n) is 9.24. The second-order valence-electron chi connectivity index (χ2n) is 3.10. The Hall–Kier alpha value is -2.64. The number of rotatable bonds is 6. The SMILES string of the molecule is COc1cc(C(=O)O)c(N=O)cc1OCC(=O)O. The van der Waals surface area contributed by atoms with Gasteiger partial charge in [0, 0.05) is 12.1 Å². The maximum atomic E-state index is 10.8. The summed E-state index contributed by atoms with van der Waals surface area (Å²) in [6.45, 7) is -0.652. The number of hydrogen-bond acceptors (Lipinski definition) is 6. The number of methoxy groups -OCH3 is 1. The van der Waals surface area contributed by atoms with Crippen LogP contribution in [0.15, 0.2) is 17.3 Å². The summed E-state index contributed by atoms with van der Waals surface area (Å²) in [7, 11) is 1.25. The van der Waals surface area contributed by atoms with Gasteiger partial charge in [-0.1, -0.05) is 0 Å². The number of hydrogen-bond donors (Lipinski definition) is 2. The quantitative estimate of drug-likeness (QED) is 0.733. The molecular formula is C10H9NO7. The number of carbonyl (C=O) groups is 2. The minimum Gasteiger partial charge on any atom is -0.493 e. The highest BCUT2D eigenvalue weighted by Crippen LogP contribution is 2.34. The van der Waals surface area contributed by atoms with Crippen molar-refractivity contribution in [3.05, 3.63) is 22.6 Å². The van der Waals surface area contributed by atoms with E-state index >= 15 is 0 Å². The van der Waals surface area contributed by atoms with Crippen molar-refractivity contribution in [3.8, 4) is 11.5 Å². The first-order valence-corrected chi connectivity index (χ1v) is 4.63. The van der Waals surface area contributed by atoms with Crippen LogP contribution in [0, 0.1) is 4.91 Å². The maximum absolute atomic E-state index is 10.8. The molecule has 0 unspecified atom stereocenters. The molecule has 0 bridgehead atoms. The lowest BCUT2D eigenvalue weighted by molar-refractivity contribution is -0.139. The molecule has 8 nitrogen and oxygen atoms in total. The number of nitroso groups, excluding NO2 is 1. The van der Waals surface area contributed by atoms with Gasteiger partial charge in [-0.15, -0.1) is 4.91 Å². The van der Waals surface area contributed by atoms with Gasteiger partial charge in [-0.3, -0.25) is 0 Å². The number of carboxylic acid groups (broad SMARTS) is 2. The van der Waals surface area contributed by atoms with Crippen molar-refractivity contribution in [3.63, 3.8) is 0 Å². The lowest BCUT2D eigenvalue weighted by atomic mass is 10.1. The van der Waals surface area contributed by atoms with Gasteiger partial charge in [0.25, 0.3) is 0 Å². The molecule has 0 atom stereocenters. The van der Waals surface area contributed by atoms with Crippen LogP contribution in [0.4, 0.5) is 5.69 Å². The summed E-state index contributed by atoms with van der Waals surface area (Å²) in [5, 5.41) is 19.8. The summed E-state index contributed by atoms with van der Waals surface area (Å²) < 4.78 is 9.69. The van der Waals surface area contributed by atoms with E-state index in [-0.39, 0.29) is 22.7 Å². The van der Waals surface area contributed by atoms with Crippen LogP contribution in [0.25, 0.3) is 0 Å². The van der Waals surface area contributed by atoms with Gasteiger partial charge in [0.1, 0.15) is 5.69 Å². The van der Waals surface area contributed by atoms with Crippen molar-refractivity contribution in [1.82, 2.24) is 0 Å². The molecule has 18 heavy (non-hydrogen) atoms. The standard InChI is InChI=1S/C10H9NO7/c1-17-7-2-5(10(14)15)6(11-16)3-8(7)18-4-9(12)13/h2-3H,4H2,1H3,(H,12,13)(H,14,15). The summed E-state index contributed by atoms with van der Waals surface area (Å²) in [6, 6.07) is 2.05. The number of carboxylic acids is 2. The summed E-state index contributed by atoms with van der Waals surface area (Å²) >= 11 is 0. The summed E-state index contributed by atoms with van der Waals surface area (Å²) in [4.78, 5) is 31.7. The molecule has 0 aliphatic heterocycles. The van der Waals surface area contributed by atoms with Crippen molar-refractivity contribution < 1.29 is 29.3 Å². The zero-order valence-corrected chi connectivity index (χ0v) is 9.24. The first-order chi connectivity index (χ1) is 8.49. The van der Waals surface area contributed by atoms with Crippen molar-refractivity contribution >= 4 is 17.6 Å². The van der Waals surface area contributed by atoms with Crippen molar-refractivity contribution in [2.75, 3.05) is 13.7 Å². The van der Waals surface area contributed by atoms with E-state index in [0.29, 0.717) is 0 Å². The fourth-order valence-corrected chi connectivity index (χ4v) is 1.21. The van der Waals surface area contributed by atoms with Crippen LogP contribution in [-0.4, -0.2) is 35.9 Å². The van der Waals surface area contributed by atoms with Gasteiger partial charge < -0.3 is 19.7 Å². The third-order valence-electron chi connectivity index (χ3n) is 1.96. The molecule has 0 saturated heterocycles. The number of nitrogens with zero attached hydrogens (tertiary/aromatic N) is 1. The fourth-order valence-electron chi connectivity index (χ4n) is 1.21. The maximum Gasteiger partial charge on any atom is 0.341 e. The van der Waals surface area contributed by atoms with Gasteiger partial charge in [-0.05, 0) is 5.18 Å². The van der Waals surface area contributed by atoms with E-state index in [4.69, 9.17) is 19.7 Å². The number of benzene rings is 1. The van der Waals surface area contributed by atoms with Crippen LogP contribution < -0.4 is 9.47 Å². The lowest BCUT2D eigenvalue weighted by Gasteiger charge is -2.10. The Morgan fingerprint density at radius 2 is 1.94 bits per heavy atom. The first-order valence-electron chi connectivity index (χ1n) is 4.63. The van der Waals surface area contributed by atoms with Crippen molar-refractivity contribution in [1.29, 1.82) is 0 Å². The molecule has 1 aromatic carbocycles. The van der Waals surface area contributed by atoms with E-state index < -0.39 is 18.5 Å². The Bertz CT molecular complexity index is 497. The van der Waals surface area contributed by atoms with Gasteiger partial charge in [0.05, 0.1) is 12.7 Å². The Morgan fingerprint density at radius 3 is 2.39 bits per heavy atom. The molecule has 0 radical (unpaired) electrons. The van der Waals surface area contributed by atoms with E-state index in [9.17, 15) is 14.5 Å². The largest absolute Gasteiger partial charge is 0.493 e. The highest BCUT2D eigenvalue weighted by molar-refractivity contribution is 5.94. The lowest BCUT2D eigenvalue weighted by Crippen LogP contribution is -2.10. The third-order valence-corrected chi connectivity index (χ3v) is 1.96. The van der Waals surface area contributed by atoms with Crippen LogP contribution in [0.2, 0.25) is 0 Å². The molecule has 0 aliphatic rings. The molecule has 0 heterocycles. The summed E-state index contributed by atoms with van der Waals surface area (Å²) in [5.41, 5.74) is -0.729. The average Bonchev–Trinajstić information content (AvgIpc) is 2.34. The molecule has 8 heteroatoms. The van der Waals surface area contributed by atoms with Gasteiger partial charge >= 0.3 is 11.9 Å². The van der Waals surface area contributed by atoms with Gasteiger partial charge in [0.2, 0.25) is 0 Å². The number of ether oxygens (including phenoxy) is 2. The van der Waals surface area contributed by atoms with Crippen molar-refractivity contribution in [2.45, 2.75) is 0 Å². The third kappa shape index (κ3) is 2.94. The molecule has 0 aliphatic carbocycles. The van der Waals surface area contributed by atoms with E-state index in [1.165, 1.54) is 7.11 Å². The molecule has 0 spiro atoms. The molecule has 96 valence electrons. The summed E-state index contributed by atoms with van der Waals surface area (Å²) in [5.74, 6) is -2.65. The second kappa shape index (κ2) is 5.62. The molecule has 1 rings (SSSR count). The number of aromatic carboxylic acids is 1. The predicted octanol–water partition coefficient (Wildman–Crippen LogP) is 1.25. The Morgan fingerprint density at radius 1 is 1.28 bits per heavy atom. The van der Waals surface area contributed by atoms with Crippen LogP contribution in [0.3, 0.4) is 0 Å². The Balaban J connectivity index is 3.21. The topological polar surface area (TPSA) is 122 Å². The minimum absolute atomic E-state index is 0.000972. The van der Waals surface area contributed by atoms with E-state index in [1.54, 1.807) is 0 Å². The van der Waals surface area contributed by atoms with Gasteiger partial charge in [-0.25, -0.2) is 9.59 Å². The van der Waals surface area contributed by atoms with Crippen LogP contribution >= 0.6 is 0 Å². The first kappa shape index (κ1) is 13.4. The zero-order chi connectivity index (χ0) is 13.7. The smallest absolute Gasteiger partial charge is 0.341 e.